The first-order valence-corrected chi connectivity index (χ1v) is 4.96. The molecule has 0 aromatic carbocycles. The summed E-state index contributed by atoms with van der Waals surface area (Å²) in [4.78, 5) is 9.37. The van der Waals surface area contributed by atoms with Crippen LogP contribution in [-0.2, 0) is 4.79 Å². The summed E-state index contributed by atoms with van der Waals surface area (Å²) < 4.78 is 0.734. The van der Waals surface area contributed by atoms with Crippen LogP contribution in [0.15, 0.2) is 0 Å². The molecule has 0 radical (unpaired) electrons. The molecule has 11 heavy (non-hydrogen) atoms. The average Bonchev–Trinajstić information content (AvgIpc) is 1.89. The van der Waals surface area contributed by atoms with Crippen LogP contribution in [0.4, 0.5) is 0 Å². The Kier molecular flexibility index (Phi) is 12.9. The molecule has 2 nitrogen and oxygen atoms in total. The molecule has 0 aromatic heterocycles. The Bertz CT molecular complexity index is 125. The van der Waals surface area contributed by atoms with Crippen molar-refractivity contribution in [3.8, 4) is 0 Å². The summed E-state index contributed by atoms with van der Waals surface area (Å²) >= 11 is 10.1. The molecule has 0 aromatic rings. The molecule has 0 heterocycles. The van der Waals surface area contributed by atoms with Crippen molar-refractivity contribution in [1.29, 1.82) is 0 Å². The van der Waals surface area contributed by atoms with Crippen molar-refractivity contribution in [3.63, 3.8) is 0 Å². The molecule has 0 rings (SSSR count). The van der Waals surface area contributed by atoms with Gasteiger partial charge in [0.25, 0.3) is 0 Å². The summed E-state index contributed by atoms with van der Waals surface area (Å²) in [7, 11) is 0. The zero-order chi connectivity index (χ0) is 9.28. The Hall–Kier alpha value is 0.260. The van der Waals surface area contributed by atoms with Crippen LogP contribution >= 0.6 is 36.6 Å². The largest absolute Gasteiger partial charge is 0.481 e. The standard InChI is InChI=1S/C3H6O2.C3H6S3/c1-2-3(4)5;1-2-6-3(4)5/h2H2,1H3,(H,4,5);2H2,1H3,(H,4,5). The third-order valence-electron chi connectivity index (χ3n) is 0.570. The van der Waals surface area contributed by atoms with E-state index in [1.165, 1.54) is 0 Å². The van der Waals surface area contributed by atoms with Crippen LogP contribution in [0, 0.1) is 0 Å². The Labute approximate surface area is 82.2 Å². The average molecular weight is 212 g/mol. The van der Waals surface area contributed by atoms with Crippen molar-refractivity contribution < 1.29 is 9.90 Å². The minimum absolute atomic E-state index is 0.222. The van der Waals surface area contributed by atoms with Crippen molar-refractivity contribution in [1.82, 2.24) is 0 Å². The lowest BCUT2D eigenvalue weighted by molar-refractivity contribution is -0.136. The van der Waals surface area contributed by atoms with Gasteiger partial charge in [0.05, 0.1) is 0 Å². The van der Waals surface area contributed by atoms with Gasteiger partial charge >= 0.3 is 5.97 Å². The lowest BCUT2D eigenvalue weighted by Crippen LogP contribution is -1.86. The minimum atomic E-state index is -0.745. The second kappa shape index (κ2) is 10.3. The highest BCUT2D eigenvalue weighted by molar-refractivity contribution is 8.41. The molecule has 0 amide bonds. The van der Waals surface area contributed by atoms with Crippen LogP contribution in [0.3, 0.4) is 0 Å². The zero-order valence-electron chi connectivity index (χ0n) is 6.53. The fourth-order valence-electron chi connectivity index (χ4n) is 0.123. The predicted octanol–water partition coefficient (Wildman–Crippen LogP) is 2.44. The molecule has 0 saturated heterocycles. The van der Waals surface area contributed by atoms with Gasteiger partial charge in [-0.1, -0.05) is 26.1 Å². The number of rotatable bonds is 2. The zero-order valence-corrected chi connectivity index (χ0v) is 9.06. The van der Waals surface area contributed by atoms with Crippen LogP contribution in [0.5, 0.6) is 0 Å². The van der Waals surface area contributed by atoms with Gasteiger partial charge in [0, 0.05) is 6.42 Å². The lowest BCUT2D eigenvalue weighted by atomic mass is 10.5. The Morgan fingerprint density at radius 3 is 2.00 bits per heavy atom. The topological polar surface area (TPSA) is 37.3 Å². The highest BCUT2D eigenvalue weighted by atomic mass is 32.2. The van der Waals surface area contributed by atoms with Gasteiger partial charge in [0.15, 0.2) is 0 Å². The molecular formula is C6H12O2S3. The molecule has 5 heteroatoms. The van der Waals surface area contributed by atoms with Gasteiger partial charge in [-0.05, 0) is 5.75 Å². The van der Waals surface area contributed by atoms with Gasteiger partial charge in [-0.2, -0.15) is 0 Å². The van der Waals surface area contributed by atoms with Crippen LogP contribution in [0.1, 0.15) is 20.3 Å². The number of carbonyl (C=O) groups is 1. The van der Waals surface area contributed by atoms with Gasteiger partial charge in [0.2, 0.25) is 0 Å². The summed E-state index contributed by atoms with van der Waals surface area (Å²) in [6, 6.07) is 0. The number of hydrogen-bond donors (Lipinski definition) is 2. The van der Waals surface area contributed by atoms with E-state index in [0.29, 0.717) is 0 Å². The van der Waals surface area contributed by atoms with Gasteiger partial charge in [-0.15, -0.1) is 24.4 Å². The maximum Gasteiger partial charge on any atom is 0.303 e. The monoisotopic (exact) mass is 212 g/mol. The van der Waals surface area contributed by atoms with E-state index < -0.39 is 5.97 Å². The van der Waals surface area contributed by atoms with Crippen molar-refractivity contribution in [3.05, 3.63) is 0 Å². The molecule has 0 spiro atoms. The second-order valence-electron chi connectivity index (χ2n) is 1.45. The molecule has 1 N–H and O–H groups in total. The van der Waals surface area contributed by atoms with E-state index in [9.17, 15) is 4.79 Å². The molecule has 0 aliphatic rings. The Morgan fingerprint density at radius 1 is 1.64 bits per heavy atom. The number of hydrogen-bond acceptors (Lipinski definition) is 3. The maximum atomic E-state index is 9.37. The third kappa shape index (κ3) is 25.3. The molecule has 0 aliphatic heterocycles. The Balaban J connectivity index is 0. The first kappa shape index (κ1) is 13.8. The van der Waals surface area contributed by atoms with E-state index in [-0.39, 0.29) is 6.42 Å². The van der Waals surface area contributed by atoms with E-state index in [1.54, 1.807) is 18.7 Å². The van der Waals surface area contributed by atoms with Crippen LogP contribution < -0.4 is 0 Å². The maximum absolute atomic E-state index is 9.37. The van der Waals surface area contributed by atoms with E-state index in [0.717, 1.165) is 9.28 Å². The number of carboxylic acids is 1. The van der Waals surface area contributed by atoms with Crippen LogP contribution in [0.25, 0.3) is 0 Å². The van der Waals surface area contributed by atoms with Crippen molar-refractivity contribution in [2.75, 3.05) is 5.75 Å². The fourth-order valence-corrected chi connectivity index (χ4v) is 1.11. The lowest BCUT2D eigenvalue weighted by Gasteiger charge is -1.83. The molecule has 0 aliphatic carbocycles. The van der Waals surface area contributed by atoms with Gasteiger partial charge in [-0.3, -0.25) is 4.79 Å². The van der Waals surface area contributed by atoms with Gasteiger partial charge in [-0.25, -0.2) is 0 Å². The first-order chi connectivity index (χ1) is 5.04. The van der Waals surface area contributed by atoms with E-state index in [4.69, 9.17) is 5.11 Å². The van der Waals surface area contributed by atoms with Crippen molar-refractivity contribution >= 4 is 46.1 Å². The molecule has 0 bridgehead atoms. The van der Waals surface area contributed by atoms with Crippen molar-refractivity contribution in [2.45, 2.75) is 20.3 Å². The summed E-state index contributed by atoms with van der Waals surface area (Å²) in [6.07, 6.45) is 0.222. The van der Waals surface area contributed by atoms with E-state index in [1.807, 2.05) is 6.92 Å². The number of carboxylic acid groups (broad SMARTS) is 1. The number of thiol groups is 1. The van der Waals surface area contributed by atoms with Gasteiger partial charge in [0.1, 0.15) is 3.53 Å². The SMILES string of the molecule is CCC(=O)O.CCSC(=S)S. The van der Waals surface area contributed by atoms with Gasteiger partial charge < -0.3 is 5.11 Å². The van der Waals surface area contributed by atoms with E-state index in [2.05, 4.69) is 24.8 Å². The smallest absolute Gasteiger partial charge is 0.303 e. The highest BCUT2D eigenvalue weighted by Gasteiger charge is 1.81. The first-order valence-electron chi connectivity index (χ1n) is 3.12. The van der Waals surface area contributed by atoms with Crippen molar-refractivity contribution in [2.24, 2.45) is 0 Å². The number of thioether (sulfide) groups is 1. The highest BCUT2D eigenvalue weighted by Crippen LogP contribution is 2.04. The van der Waals surface area contributed by atoms with E-state index >= 15 is 0 Å². The number of aliphatic carboxylic acids is 1. The molecule has 0 unspecified atom stereocenters. The summed E-state index contributed by atoms with van der Waals surface area (Å²) in [5.74, 6) is 0.285. The van der Waals surface area contributed by atoms with Crippen LogP contribution in [-0.4, -0.2) is 20.4 Å². The molecule has 66 valence electrons. The Morgan fingerprint density at radius 2 is 2.00 bits per heavy atom. The number of thiocarbonyl (C=S) groups is 1. The summed E-state index contributed by atoms with van der Waals surface area (Å²) in [6.45, 7) is 3.65. The summed E-state index contributed by atoms with van der Waals surface area (Å²) in [5.41, 5.74) is 0. The summed E-state index contributed by atoms with van der Waals surface area (Å²) in [5, 5.41) is 7.72. The normalized spacial score (nSPS) is 7.91. The quantitative estimate of drug-likeness (QED) is 0.544. The molecule has 0 saturated carbocycles. The minimum Gasteiger partial charge on any atom is -0.481 e. The molecule has 0 fully saturated rings. The van der Waals surface area contributed by atoms with Crippen LogP contribution in [0.2, 0.25) is 0 Å². The molecule has 0 atom stereocenters. The predicted molar refractivity (Wildman–Crippen MR) is 57.6 cm³/mol. The molecular weight excluding hydrogens is 200 g/mol. The second-order valence-corrected chi connectivity index (χ2v) is 4.44. The fraction of sp³-hybridized carbons (Fsp3) is 0.667. The third-order valence-corrected chi connectivity index (χ3v) is 1.85.